The molecule has 1 aromatic carbocycles. The van der Waals surface area contributed by atoms with Gasteiger partial charge in [0.25, 0.3) is 0 Å². The Morgan fingerprint density at radius 2 is 2.07 bits per heavy atom. The molecule has 2 nitrogen and oxygen atoms in total. The maximum atomic E-state index is 5.82. The summed E-state index contributed by atoms with van der Waals surface area (Å²) < 4.78 is 11.2. The molecule has 0 aromatic heterocycles. The van der Waals surface area contributed by atoms with E-state index in [-0.39, 0.29) is 0 Å². The summed E-state index contributed by atoms with van der Waals surface area (Å²) in [5, 5.41) is 0. The maximum Gasteiger partial charge on any atom is 0.110 e. The largest absolute Gasteiger partial charge is 0.371 e. The van der Waals surface area contributed by atoms with Crippen LogP contribution in [0, 0.1) is 0 Å². The maximum absolute atomic E-state index is 5.82. The Morgan fingerprint density at radius 3 is 2.71 bits per heavy atom. The van der Waals surface area contributed by atoms with Gasteiger partial charge in [0.05, 0.1) is 18.8 Å². The highest BCUT2D eigenvalue weighted by Crippen LogP contribution is 2.40. The molecule has 1 aliphatic carbocycles. The van der Waals surface area contributed by atoms with E-state index in [2.05, 4.69) is 12.1 Å². The first kappa shape index (κ1) is 8.45. The van der Waals surface area contributed by atoms with Gasteiger partial charge in [0.2, 0.25) is 0 Å². The van der Waals surface area contributed by atoms with Crippen LogP contribution in [0.2, 0.25) is 0 Å². The van der Waals surface area contributed by atoms with Gasteiger partial charge >= 0.3 is 0 Å². The number of ether oxygens (including phenoxy) is 2. The van der Waals surface area contributed by atoms with Crippen molar-refractivity contribution in [2.45, 2.75) is 37.8 Å². The highest BCUT2D eigenvalue weighted by molar-refractivity contribution is 5.13. The highest BCUT2D eigenvalue weighted by atomic mass is 16.6. The van der Waals surface area contributed by atoms with Crippen LogP contribution < -0.4 is 0 Å². The first-order valence-electron chi connectivity index (χ1n) is 5.24. The lowest BCUT2D eigenvalue weighted by Crippen LogP contribution is -2.15. The van der Waals surface area contributed by atoms with E-state index >= 15 is 0 Å². The van der Waals surface area contributed by atoms with Gasteiger partial charge in [-0.05, 0) is 18.4 Å². The lowest BCUT2D eigenvalue weighted by Gasteiger charge is -2.11. The first-order chi connectivity index (χ1) is 6.93. The van der Waals surface area contributed by atoms with Crippen molar-refractivity contribution in [2.24, 2.45) is 0 Å². The van der Waals surface area contributed by atoms with E-state index in [1.54, 1.807) is 0 Å². The van der Waals surface area contributed by atoms with Crippen LogP contribution >= 0.6 is 0 Å². The SMILES string of the molecule is c1ccc(CO[C@@H]2CC[C@@H]3O[C@@H]32)cc1. The molecule has 1 saturated carbocycles. The standard InChI is InChI=1S/C12H14O2/c1-2-4-9(5-3-1)8-13-10-6-7-11-12(10)14-11/h1-5,10-12H,6-8H2/t10-,11+,12-/m1/s1. The topological polar surface area (TPSA) is 21.8 Å². The van der Waals surface area contributed by atoms with Gasteiger partial charge in [0.1, 0.15) is 6.10 Å². The van der Waals surface area contributed by atoms with E-state index in [9.17, 15) is 0 Å². The lowest BCUT2D eigenvalue weighted by molar-refractivity contribution is 0.0160. The Balaban J connectivity index is 1.54. The number of benzene rings is 1. The Labute approximate surface area is 83.8 Å². The van der Waals surface area contributed by atoms with Gasteiger partial charge in [0, 0.05) is 0 Å². The van der Waals surface area contributed by atoms with Crippen molar-refractivity contribution in [1.29, 1.82) is 0 Å². The number of rotatable bonds is 3. The fourth-order valence-corrected chi connectivity index (χ4v) is 2.16. The molecule has 0 radical (unpaired) electrons. The van der Waals surface area contributed by atoms with Gasteiger partial charge in [-0.3, -0.25) is 0 Å². The fraction of sp³-hybridized carbons (Fsp3) is 0.500. The fourth-order valence-electron chi connectivity index (χ4n) is 2.16. The third-order valence-corrected chi connectivity index (χ3v) is 3.03. The van der Waals surface area contributed by atoms with E-state index in [0.717, 1.165) is 6.61 Å². The van der Waals surface area contributed by atoms with E-state index in [1.807, 2.05) is 18.2 Å². The van der Waals surface area contributed by atoms with Crippen LogP contribution in [0.15, 0.2) is 30.3 Å². The van der Waals surface area contributed by atoms with Gasteiger partial charge in [-0.25, -0.2) is 0 Å². The summed E-state index contributed by atoms with van der Waals surface area (Å²) in [6.45, 7) is 0.720. The zero-order chi connectivity index (χ0) is 9.38. The average Bonchev–Trinajstić information content (AvgIpc) is 2.92. The number of hydrogen-bond donors (Lipinski definition) is 0. The Hall–Kier alpha value is -0.860. The van der Waals surface area contributed by atoms with Gasteiger partial charge in [-0.2, -0.15) is 0 Å². The van der Waals surface area contributed by atoms with Gasteiger partial charge in [-0.1, -0.05) is 30.3 Å². The number of hydrogen-bond acceptors (Lipinski definition) is 2. The van der Waals surface area contributed by atoms with Crippen LogP contribution in [0.5, 0.6) is 0 Å². The molecule has 74 valence electrons. The quantitative estimate of drug-likeness (QED) is 0.681. The molecule has 1 aliphatic heterocycles. The predicted octanol–water partition coefficient (Wildman–Crippen LogP) is 2.13. The van der Waals surface area contributed by atoms with E-state index in [0.29, 0.717) is 18.3 Å². The summed E-state index contributed by atoms with van der Waals surface area (Å²) >= 11 is 0. The molecule has 0 N–H and O–H groups in total. The summed E-state index contributed by atoms with van der Waals surface area (Å²) in [4.78, 5) is 0. The van der Waals surface area contributed by atoms with Crippen LogP contribution in [-0.4, -0.2) is 18.3 Å². The molecule has 14 heavy (non-hydrogen) atoms. The monoisotopic (exact) mass is 190 g/mol. The van der Waals surface area contributed by atoms with Crippen LogP contribution in [0.4, 0.5) is 0 Å². The molecule has 0 amide bonds. The molecule has 2 aliphatic rings. The van der Waals surface area contributed by atoms with Gasteiger partial charge in [0.15, 0.2) is 0 Å². The van der Waals surface area contributed by atoms with Crippen molar-refractivity contribution < 1.29 is 9.47 Å². The summed E-state index contributed by atoms with van der Waals surface area (Å²) in [6, 6.07) is 10.3. The van der Waals surface area contributed by atoms with Crippen LogP contribution in [0.1, 0.15) is 18.4 Å². The smallest absolute Gasteiger partial charge is 0.110 e. The zero-order valence-electron chi connectivity index (χ0n) is 8.06. The highest BCUT2D eigenvalue weighted by Gasteiger charge is 2.50. The summed E-state index contributed by atoms with van der Waals surface area (Å²) in [7, 11) is 0. The number of fused-ring (bicyclic) bond motifs is 1. The summed E-state index contributed by atoms with van der Waals surface area (Å²) in [5.41, 5.74) is 1.25. The molecule has 2 heteroatoms. The molecule has 2 fully saturated rings. The Bertz CT molecular complexity index is 309. The van der Waals surface area contributed by atoms with E-state index < -0.39 is 0 Å². The first-order valence-corrected chi connectivity index (χ1v) is 5.24. The second kappa shape index (κ2) is 3.37. The molecular weight excluding hydrogens is 176 g/mol. The molecule has 3 rings (SSSR count). The van der Waals surface area contributed by atoms with E-state index in [4.69, 9.17) is 9.47 Å². The average molecular weight is 190 g/mol. The third-order valence-electron chi connectivity index (χ3n) is 3.03. The van der Waals surface area contributed by atoms with E-state index in [1.165, 1.54) is 18.4 Å². The molecule has 0 bridgehead atoms. The van der Waals surface area contributed by atoms with Crippen molar-refractivity contribution in [3.63, 3.8) is 0 Å². The molecule has 1 saturated heterocycles. The van der Waals surface area contributed by atoms with Crippen molar-refractivity contribution >= 4 is 0 Å². The molecule has 3 atom stereocenters. The summed E-state index contributed by atoms with van der Waals surface area (Å²) in [6.07, 6.45) is 3.64. The van der Waals surface area contributed by atoms with Gasteiger partial charge < -0.3 is 9.47 Å². The minimum Gasteiger partial charge on any atom is -0.371 e. The van der Waals surface area contributed by atoms with Crippen molar-refractivity contribution in [1.82, 2.24) is 0 Å². The zero-order valence-corrected chi connectivity index (χ0v) is 8.06. The molecular formula is C12H14O2. The Kier molecular flexibility index (Phi) is 2.03. The van der Waals surface area contributed by atoms with Crippen molar-refractivity contribution in [2.75, 3.05) is 0 Å². The molecule has 0 spiro atoms. The molecule has 0 unspecified atom stereocenters. The second-order valence-electron chi connectivity index (χ2n) is 4.05. The Morgan fingerprint density at radius 1 is 1.21 bits per heavy atom. The van der Waals surface area contributed by atoms with Crippen molar-refractivity contribution in [3.8, 4) is 0 Å². The third kappa shape index (κ3) is 1.56. The lowest BCUT2D eigenvalue weighted by atomic mass is 10.2. The normalized spacial score (nSPS) is 34.1. The molecule has 1 aromatic rings. The number of epoxide rings is 1. The molecule has 1 heterocycles. The minimum atomic E-state index is 0.347. The van der Waals surface area contributed by atoms with Crippen LogP contribution in [-0.2, 0) is 16.1 Å². The van der Waals surface area contributed by atoms with Crippen LogP contribution in [0.3, 0.4) is 0 Å². The van der Waals surface area contributed by atoms with Crippen LogP contribution in [0.25, 0.3) is 0 Å². The summed E-state index contributed by atoms with van der Waals surface area (Å²) in [5.74, 6) is 0. The van der Waals surface area contributed by atoms with Gasteiger partial charge in [-0.15, -0.1) is 0 Å². The van der Waals surface area contributed by atoms with Crippen molar-refractivity contribution in [3.05, 3.63) is 35.9 Å². The second-order valence-corrected chi connectivity index (χ2v) is 4.05. The minimum absolute atomic E-state index is 0.347. The predicted molar refractivity (Wildman–Crippen MR) is 52.9 cm³/mol.